The maximum atomic E-state index is 14.6. The molecule has 0 bridgehead atoms. The van der Waals surface area contributed by atoms with Gasteiger partial charge >= 0.3 is 0 Å². The fourth-order valence-corrected chi connectivity index (χ4v) is 4.85. The van der Waals surface area contributed by atoms with Crippen molar-refractivity contribution in [1.82, 2.24) is 0 Å². The van der Waals surface area contributed by atoms with Crippen molar-refractivity contribution in [3.05, 3.63) is 80.9 Å². The minimum Gasteiger partial charge on any atom is -0.203 e. The second kappa shape index (κ2) is 10.1. The fraction of sp³-hybridized carbons (Fsp3) is 0.182. The topological polar surface area (TPSA) is 0 Å². The molecule has 0 aliphatic carbocycles. The molecular formula is C22H10F12S2. The van der Waals surface area contributed by atoms with Crippen LogP contribution in [0.3, 0.4) is 0 Å². The van der Waals surface area contributed by atoms with Crippen LogP contribution in [0.1, 0.15) is 30.9 Å². The van der Waals surface area contributed by atoms with Crippen molar-refractivity contribution in [3.8, 4) is 0 Å². The highest BCUT2D eigenvalue weighted by molar-refractivity contribution is 7.99. The quantitative estimate of drug-likeness (QED) is 0.223. The van der Waals surface area contributed by atoms with Crippen LogP contribution in [0.5, 0.6) is 0 Å². The molecule has 3 aromatic carbocycles. The Labute approximate surface area is 203 Å². The zero-order valence-electron chi connectivity index (χ0n) is 17.9. The van der Waals surface area contributed by atoms with Crippen LogP contribution in [0.4, 0.5) is 52.7 Å². The first-order valence-corrected chi connectivity index (χ1v) is 11.2. The molecule has 194 valence electrons. The number of hydrogen-bond donors (Lipinski definition) is 0. The molecule has 0 aliphatic heterocycles. The molecule has 0 nitrogen and oxygen atoms in total. The van der Waals surface area contributed by atoms with E-state index in [1.54, 1.807) is 0 Å². The highest BCUT2D eigenvalue weighted by Gasteiger charge is 2.33. The molecule has 3 aromatic rings. The maximum Gasteiger partial charge on any atom is 0.177 e. The van der Waals surface area contributed by atoms with Crippen LogP contribution < -0.4 is 0 Å². The van der Waals surface area contributed by atoms with Gasteiger partial charge in [0, 0.05) is 11.1 Å². The largest absolute Gasteiger partial charge is 0.203 e. The average Bonchev–Trinajstić information content (AvgIpc) is 2.83. The summed E-state index contributed by atoms with van der Waals surface area (Å²) < 4.78 is 171. The molecule has 0 aromatic heterocycles. The molecule has 0 spiro atoms. The van der Waals surface area contributed by atoms with Crippen molar-refractivity contribution in [2.24, 2.45) is 0 Å². The molecule has 0 fully saturated rings. The van der Waals surface area contributed by atoms with E-state index in [0.717, 1.165) is 0 Å². The Hall–Kier alpha value is -2.48. The molecule has 0 saturated carbocycles. The van der Waals surface area contributed by atoms with Gasteiger partial charge in [0.25, 0.3) is 0 Å². The predicted molar refractivity (Wildman–Crippen MR) is 106 cm³/mol. The average molecular weight is 566 g/mol. The summed E-state index contributed by atoms with van der Waals surface area (Å²) in [6.45, 7) is 3.02. The summed E-state index contributed by atoms with van der Waals surface area (Å²) in [7, 11) is 0. The van der Waals surface area contributed by atoms with Crippen LogP contribution in [0, 0.1) is 76.7 Å². The standard InChI is InChI=1S/C22H10F12S2/c1-4(2)6-9(25)13(29)20(14(30)10(6)26)36-22-17(33)15(31)21(16(32)18(22)34)35-19-11(27)7(23)5(3)8(24)12(19)28/h4H,1-3H3. The van der Waals surface area contributed by atoms with Gasteiger partial charge in [-0.05, 0) is 12.8 Å². The molecule has 0 saturated heterocycles. The SMILES string of the molecule is Cc1c(F)c(F)c(Sc2c(F)c(F)c(Sc3c(F)c(F)c(C(C)C)c(F)c3F)c(F)c2F)c(F)c1F. The van der Waals surface area contributed by atoms with E-state index in [-0.39, 0.29) is 0 Å². The van der Waals surface area contributed by atoms with Crippen LogP contribution in [0.25, 0.3) is 0 Å². The fourth-order valence-electron chi connectivity index (χ4n) is 3.01. The summed E-state index contributed by atoms with van der Waals surface area (Å²) in [6.07, 6.45) is 0. The summed E-state index contributed by atoms with van der Waals surface area (Å²) in [5.74, 6) is -26.7. The van der Waals surface area contributed by atoms with Crippen LogP contribution in [-0.4, -0.2) is 0 Å². The van der Waals surface area contributed by atoms with Crippen LogP contribution >= 0.6 is 23.5 Å². The lowest BCUT2D eigenvalue weighted by Crippen LogP contribution is -2.08. The monoisotopic (exact) mass is 566 g/mol. The second-order valence-corrected chi connectivity index (χ2v) is 9.52. The van der Waals surface area contributed by atoms with Gasteiger partial charge in [0.2, 0.25) is 0 Å². The Morgan fingerprint density at radius 2 is 0.611 bits per heavy atom. The van der Waals surface area contributed by atoms with Crippen LogP contribution in [0.2, 0.25) is 0 Å². The zero-order valence-corrected chi connectivity index (χ0v) is 19.6. The van der Waals surface area contributed by atoms with E-state index in [0.29, 0.717) is 6.92 Å². The maximum absolute atomic E-state index is 14.6. The Morgan fingerprint density at radius 3 is 0.861 bits per heavy atom. The van der Waals surface area contributed by atoms with E-state index in [4.69, 9.17) is 0 Å². The van der Waals surface area contributed by atoms with Crippen molar-refractivity contribution in [2.45, 2.75) is 46.3 Å². The Bertz CT molecular complexity index is 1310. The third-order valence-electron chi connectivity index (χ3n) is 4.87. The Kier molecular flexibility index (Phi) is 7.89. The van der Waals surface area contributed by atoms with Gasteiger partial charge in [0.15, 0.2) is 69.8 Å². The first kappa shape index (κ1) is 28.1. The second-order valence-electron chi connectivity index (χ2n) is 7.48. The molecule has 0 amide bonds. The molecule has 0 N–H and O–H groups in total. The summed E-state index contributed by atoms with van der Waals surface area (Å²) in [5, 5.41) is 0. The van der Waals surface area contributed by atoms with Gasteiger partial charge in [-0.1, -0.05) is 37.4 Å². The normalized spacial score (nSPS) is 11.7. The van der Waals surface area contributed by atoms with Crippen molar-refractivity contribution in [2.75, 3.05) is 0 Å². The molecule has 0 heterocycles. The Morgan fingerprint density at radius 1 is 0.389 bits per heavy atom. The third-order valence-corrected chi connectivity index (χ3v) is 7.12. The van der Waals surface area contributed by atoms with E-state index >= 15 is 0 Å². The van der Waals surface area contributed by atoms with Crippen LogP contribution in [-0.2, 0) is 0 Å². The van der Waals surface area contributed by atoms with E-state index in [1.165, 1.54) is 13.8 Å². The van der Waals surface area contributed by atoms with Crippen molar-refractivity contribution in [1.29, 1.82) is 0 Å². The predicted octanol–water partition coefficient (Wildman–Crippen LogP) is 9.09. The van der Waals surface area contributed by atoms with E-state index in [2.05, 4.69) is 0 Å². The molecule has 0 unspecified atom stereocenters. The Balaban J connectivity index is 2.18. The first-order valence-electron chi connectivity index (χ1n) is 9.53. The van der Waals surface area contributed by atoms with Gasteiger partial charge in [0.1, 0.15) is 0 Å². The van der Waals surface area contributed by atoms with Gasteiger partial charge in [-0.25, -0.2) is 52.7 Å². The number of benzene rings is 3. The molecule has 0 radical (unpaired) electrons. The molecular weight excluding hydrogens is 556 g/mol. The lowest BCUT2D eigenvalue weighted by molar-refractivity contribution is 0.396. The molecule has 0 atom stereocenters. The third kappa shape index (κ3) is 4.42. The molecule has 0 aliphatic rings. The zero-order chi connectivity index (χ0) is 27.4. The number of hydrogen-bond acceptors (Lipinski definition) is 2. The lowest BCUT2D eigenvalue weighted by atomic mass is 10.0. The van der Waals surface area contributed by atoms with Gasteiger partial charge < -0.3 is 0 Å². The summed E-state index contributed by atoms with van der Waals surface area (Å²) in [4.78, 5) is -6.96. The lowest BCUT2D eigenvalue weighted by Gasteiger charge is -2.16. The summed E-state index contributed by atoms with van der Waals surface area (Å²) in [6, 6.07) is 0. The van der Waals surface area contributed by atoms with Gasteiger partial charge in [-0.15, -0.1) is 0 Å². The van der Waals surface area contributed by atoms with E-state index in [1.807, 2.05) is 0 Å². The number of rotatable bonds is 5. The highest BCUT2D eigenvalue weighted by atomic mass is 32.2. The molecule has 14 heteroatoms. The van der Waals surface area contributed by atoms with Crippen molar-refractivity contribution < 1.29 is 52.7 Å². The first-order chi connectivity index (χ1) is 16.6. The van der Waals surface area contributed by atoms with Gasteiger partial charge in [0.05, 0.1) is 19.6 Å². The molecule has 36 heavy (non-hydrogen) atoms. The number of halogens is 12. The summed E-state index contributed by atoms with van der Waals surface area (Å²) in [5.41, 5.74) is -2.15. The van der Waals surface area contributed by atoms with Gasteiger partial charge in [-0.3, -0.25) is 0 Å². The molecule has 3 rings (SSSR count). The van der Waals surface area contributed by atoms with Crippen molar-refractivity contribution in [3.63, 3.8) is 0 Å². The minimum absolute atomic E-state index is 0.648. The summed E-state index contributed by atoms with van der Waals surface area (Å²) >= 11 is -1.48. The van der Waals surface area contributed by atoms with E-state index < -0.39 is 130 Å². The van der Waals surface area contributed by atoms with E-state index in [9.17, 15) is 52.7 Å². The van der Waals surface area contributed by atoms with Crippen LogP contribution in [0.15, 0.2) is 19.6 Å². The van der Waals surface area contributed by atoms with Gasteiger partial charge in [-0.2, -0.15) is 0 Å². The minimum atomic E-state index is -2.37. The smallest absolute Gasteiger partial charge is 0.177 e. The highest BCUT2D eigenvalue weighted by Crippen LogP contribution is 2.45. The van der Waals surface area contributed by atoms with Crippen molar-refractivity contribution >= 4 is 23.5 Å².